The van der Waals surface area contributed by atoms with Crippen LogP contribution in [0.2, 0.25) is 0 Å². The molecule has 4 aliphatic carbocycles. The molecule has 1 aromatic rings. The quantitative estimate of drug-likeness (QED) is 0.604. The maximum atomic E-state index is 13.8. The van der Waals surface area contributed by atoms with Crippen molar-refractivity contribution in [1.29, 1.82) is 0 Å². The SMILES string of the molecule is COc1cc(C[C@@]2(CCC(=O)NC3[C@@H]4CC5C[C@@H]3CC(O)(C5)C4)CCC(=O)N2)ccc1F. The van der Waals surface area contributed by atoms with Gasteiger partial charge in [0.2, 0.25) is 11.8 Å². The van der Waals surface area contributed by atoms with Crippen molar-refractivity contribution in [3.63, 3.8) is 0 Å². The molecule has 1 heterocycles. The van der Waals surface area contributed by atoms with Gasteiger partial charge >= 0.3 is 0 Å². The molecule has 4 saturated carbocycles. The Morgan fingerprint density at radius 1 is 1.28 bits per heavy atom. The highest BCUT2D eigenvalue weighted by molar-refractivity contribution is 5.80. The van der Waals surface area contributed by atoms with Gasteiger partial charge in [-0.05, 0) is 86.8 Å². The van der Waals surface area contributed by atoms with Crippen LogP contribution in [0.1, 0.15) is 63.4 Å². The molecule has 7 heteroatoms. The fourth-order valence-electron chi connectivity index (χ4n) is 7.21. The molecular formula is C25H33FN2O4. The van der Waals surface area contributed by atoms with E-state index in [1.165, 1.54) is 13.2 Å². The smallest absolute Gasteiger partial charge is 0.220 e. The van der Waals surface area contributed by atoms with Crippen molar-refractivity contribution in [3.05, 3.63) is 29.6 Å². The molecule has 3 atom stereocenters. The number of aliphatic hydroxyl groups is 1. The second-order valence-corrected chi connectivity index (χ2v) is 10.8. The summed E-state index contributed by atoms with van der Waals surface area (Å²) in [5, 5.41) is 17.2. The van der Waals surface area contributed by atoms with Crippen molar-refractivity contribution < 1.29 is 23.8 Å². The Morgan fingerprint density at radius 2 is 2.03 bits per heavy atom. The van der Waals surface area contributed by atoms with Gasteiger partial charge in [0.25, 0.3) is 0 Å². The van der Waals surface area contributed by atoms with Crippen LogP contribution in [0.4, 0.5) is 4.39 Å². The molecule has 6 nitrogen and oxygen atoms in total. The molecule has 1 saturated heterocycles. The zero-order valence-electron chi connectivity index (χ0n) is 18.7. The van der Waals surface area contributed by atoms with Crippen molar-refractivity contribution in [1.82, 2.24) is 10.6 Å². The standard InChI is InChI=1S/C25H33FN2O4/c1-32-20-10-15(2-3-19(20)26)11-24(7-5-22(30)28-24)6-4-21(29)27-23-17-8-16-9-18(23)14-25(31,12-16)13-17/h2-3,10,16-18,23,31H,4-9,11-14H2,1H3,(H,27,29)(H,28,30)/t16?,17-,18-,23?,24-,25?/m1/s1. The van der Waals surface area contributed by atoms with E-state index in [-0.39, 0.29) is 23.6 Å². The number of methoxy groups -OCH3 is 1. The lowest BCUT2D eigenvalue weighted by Crippen LogP contribution is -2.61. The van der Waals surface area contributed by atoms with Crippen LogP contribution in [-0.2, 0) is 16.0 Å². The van der Waals surface area contributed by atoms with E-state index >= 15 is 0 Å². The predicted octanol–water partition coefficient (Wildman–Crippen LogP) is 2.86. The van der Waals surface area contributed by atoms with Crippen molar-refractivity contribution in [2.75, 3.05) is 7.11 Å². The zero-order valence-corrected chi connectivity index (χ0v) is 18.7. The Bertz CT molecular complexity index is 905. The molecule has 1 aliphatic heterocycles. The van der Waals surface area contributed by atoms with Crippen LogP contribution in [-0.4, -0.2) is 41.2 Å². The molecule has 2 amide bonds. The van der Waals surface area contributed by atoms with Crippen molar-refractivity contribution >= 4 is 11.8 Å². The fourth-order valence-corrected chi connectivity index (χ4v) is 7.21. The molecule has 4 bridgehead atoms. The van der Waals surface area contributed by atoms with E-state index in [0.29, 0.717) is 49.9 Å². The number of hydrogen-bond donors (Lipinski definition) is 3. The first-order chi connectivity index (χ1) is 15.3. The zero-order chi connectivity index (χ0) is 22.5. The number of benzene rings is 1. The molecule has 0 radical (unpaired) electrons. The highest BCUT2D eigenvalue weighted by Crippen LogP contribution is 2.55. The summed E-state index contributed by atoms with van der Waals surface area (Å²) in [4.78, 5) is 25.0. The maximum absolute atomic E-state index is 13.8. The minimum atomic E-state index is -0.508. The first-order valence-electron chi connectivity index (χ1n) is 11.9. The summed E-state index contributed by atoms with van der Waals surface area (Å²) >= 11 is 0. The van der Waals surface area contributed by atoms with Crippen LogP contribution in [0, 0.1) is 23.6 Å². The van der Waals surface area contributed by atoms with Crippen LogP contribution in [0.5, 0.6) is 5.75 Å². The summed E-state index contributed by atoms with van der Waals surface area (Å²) in [6.45, 7) is 0. The maximum Gasteiger partial charge on any atom is 0.220 e. The molecule has 32 heavy (non-hydrogen) atoms. The van der Waals surface area contributed by atoms with Gasteiger partial charge in [-0.15, -0.1) is 0 Å². The van der Waals surface area contributed by atoms with Gasteiger partial charge in [0.05, 0.1) is 12.7 Å². The fraction of sp³-hybridized carbons (Fsp3) is 0.680. The number of hydrogen-bond acceptors (Lipinski definition) is 4. The third-order valence-corrected chi connectivity index (χ3v) is 8.39. The van der Waals surface area contributed by atoms with E-state index in [4.69, 9.17) is 4.74 Å². The van der Waals surface area contributed by atoms with E-state index < -0.39 is 17.0 Å². The molecule has 5 fully saturated rings. The van der Waals surface area contributed by atoms with Gasteiger partial charge in [-0.1, -0.05) is 6.07 Å². The Hall–Kier alpha value is -2.15. The molecular weight excluding hydrogens is 411 g/mol. The molecule has 6 rings (SSSR count). The predicted molar refractivity (Wildman–Crippen MR) is 116 cm³/mol. The summed E-state index contributed by atoms with van der Waals surface area (Å²) in [5.74, 6) is 1.14. The lowest BCUT2D eigenvalue weighted by molar-refractivity contribution is -0.146. The normalized spacial score (nSPS) is 37.4. The Morgan fingerprint density at radius 3 is 2.66 bits per heavy atom. The van der Waals surface area contributed by atoms with E-state index in [1.54, 1.807) is 12.1 Å². The average molecular weight is 445 g/mol. The van der Waals surface area contributed by atoms with Gasteiger partial charge < -0.3 is 20.5 Å². The van der Waals surface area contributed by atoms with Crippen molar-refractivity contribution in [3.8, 4) is 5.75 Å². The van der Waals surface area contributed by atoms with Gasteiger partial charge in [0, 0.05) is 24.4 Å². The number of rotatable bonds is 7. The van der Waals surface area contributed by atoms with Crippen LogP contribution in [0.25, 0.3) is 0 Å². The first-order valence-corrected chi connectivity index (χ1v) is 11.9. The van der Waals surface area contributed by atoms with Crippen molar-refractivity contribution in [2.45, 2.75) is 81.4 Å². The number of carbonyl (C=O) groups excluding carboxylic acids is 2. The second kappa shape index (κ2) is 8.01. The van der Waals surface area contributed by atoms with E-state index in [9.17, 15) is 19.1 Å². The number of carbonyl (C=O) groups is 2. The van der Waals surface area contributed by atoms with Gasteiger partial charge in [-0.2, -0.15) is 0 Å². The number of ether oxygens (including phenoxy) is 1. The molecule has 0 aromatic heterocycles. The number of amides is 2. The van der Waals surface area contributed by atoms with Crippen molar-refractivity contribution in [2.24, 2.45) is 17.8 Å². The Kier molecular flexibility index (Phi) is 5.43. The molecule has 1 aromatic carbocycles. The van der Waals surface area contributed by atoms with Crippen LogP contribution in [0.15, 0.2) is 18.2 Å². The topological polar surface area (TPSA) is 87.7 Å². The highest BCUT2D eigenvalue weighted by Gasteiger charge is 2.55. The van der Waals surface area contributed by atoms with E-state index in [2.05, 4.69) is 10.6 Å². The highest BCUT2D eigenvalue weighted by atomic mass is 19.1. The summed E-state index contributed by atoms with van der Waals surface area (Å²) in [5.41, 5.74) is -0.136. The summed E-state index contributed by atoms with van der Waals surface area (Å²) in [6.07, 6.45) is 7.25. The van der Waals surface area contributed by atoms with Crippen LogP contribution in [0.3, 0.4) is 0 Å². The largest absolute Gasteiger partial charge is 0.494 e. The number of nitrogens with one attached hydrogen (secondary N) is 2. The third-order valence-electron chi connectivity index (χ3n) is 8.39. The molecule has 0 unspecified atom stereocenters. The molecule has 5 aliphatic rings. The average Bonchev–Trinajstić information content (AvgIpc) is 3.10. The molecule has 174 valence electrons. The second-order valence-electron chi connectivity index (χ2n) is 10.8. The van der Waals surface area contributed by atoms with E-state index in [0.717, 1.165) is 37.7 Å². The van der Waals surface area contributed by atoms with Gasteiger partial charge in [0.1, 0.15) is 0 Å². The monoisotopic (exact) mass is 444 g/mol. The summed E-state index contributed by atoms with van der Waals surface area (Å²) < 4.78 is 18.9. The van der Waals surface area contributed by atoms with Gasteiger partial charge in [0.15, 0.2) is 11.6 Å². The number of halogens is 1. The minimum absolute atomic E-state index is 0.00577. The minimum Gasteiger partial charge on any atom is -0.494 e. The Labute approximate surface area is 188 Å². The van der Waals surface area contributed by atoms with Crippen LogP contribution >= 0.6 is 0 Å². The van der Waals surface area contributed by atoms with E-state index in [1.807, 2.05) is 0 Å². The lowest BCUT2D eigenvalue weighted by Gasteiger charge is -2.58. The third kappa shape index (κ3) is 4.12. The van der Waals surface area contributed by atoms with Gasteiger partial charge in [-0.3, -0.25) is 9.59 Å². The molecule has 0 spiro atoms. The lowest BCUT2D eigenvalue weighted by atomic mass is 9.52. The Balaban J connectivity index is 1.23. The summed E-state index contributed by atoms with van der Waals surface area (Å²) in [6, 6.07) is 4.92. The first kappa shape index (κ1) is 21.7. The molecule has 3 N–H and O–H groups in total. The van der Waals surface area contributed by atoms with Crippen LogP contribution < -0.4 is 15.4 Å². The summed E-state index contributed by atoms with van der Waals surface area (Å²) in [7, 11) is 1.43. The van der Waals surface area contributed by atoms with Gasteiger partial charge in [-0.25, -0.2) is 4.39 Å².